The fourth-order valence-electron chi connectivity index (χ4n) is 9.35. The van der Waals surface area contributed by atoms with Crippen molar-refractivity contribution < 1.29 is 34.1 Å². The lowest BCUT2D eigenvalue weighted by Crippen LogP contribution is -2.55. The van der Waals surface area contributed by atoms with E-state index in [4.69, 9.17) is 9.47 Å². The Hall–Kier alpha value is -4.73. The Bertz CT molecular complexity index is 1900. The number of β-lactam (4-membered cyclic amide) rings is 1. The standard InChI is InChI=1S/C51H66N2O7/c1-5-35(3)51(58)60-46-31-34(2)30-39-21-20-36(4)44(48(39)46)27-24-41(54)32-42(55)33-47(56)52-28-13-29-59-43-25-22-38(23-26-43)49-45(19-12-16-37-14-8-6-9-15-37)50(57)53(49)40-17-10-7-11-18-40/h6-11,14-15,17-18,20-23,25-26,30,34-36,41-42,44-46,48-49,54-55H,5,12-13,16,19,24,27-29,31-33H2,1-4H3,(H,52,56). The summed E-state index contributed by atoms with van der Waals surface area (Å²) in [6.07, 6.45) is 10.9. The molecule has 0 aromatic heterocycles. The number of benzene rings is 3. The number of anilines is 1. The molecule has 1 fully saturated rings. The molecule has 9 nitrogen and oxygen atoms in total. The number of amides is 2. The topological polar surface area (TPSA) is 125 Å². The Morgan fingerprint density at radius 1 is 0.917 bits per heavy atom. The molecule has 0 saturated carbocycles. The molecule has 3 aliphatic rings. The van der Waals surface area contributed by atoms with Crippen molar-refractivity contribution in [1.82, 2.24) is 5.32 Å². The van der Waals surface area contributed by atoms with Crippen molar-refractivity contribution in [3.05, 3.63) is 120 Å². The molecule has 0 spiro atoms. The van der Waals surface area contributed by atoms with Gasteiger partial charge in [0.05, 0.1) is 43.1 Å². The summed E-state index contributed by atoms with van der Waals surface area (Å²) in [5, 5.41) is 24.5. The van der Waals surface area contributed by atoms with Crippen LogP contribution in [0.2, 0.25) is 0 Å². The summed E-state index contributed by atoms with van der Waals surface area (Å²) in [7, 11) is 0. The highest BCUT2D eigenvalue weighted by Gasteiger charge is 2.48. The molecule has 9 heteroatoms. The minimum absolute atomic E-state index is 0.0410. The molecule has 3 aromatic rings. The number of nitrogens with zero attached hydrogens (tertiary/aromatic N) is 1. The van der Waals surface area contributed by atoms with Crippen molar-refractivity contribution in [2.45, 2.75) is 116 Å². The number of para-hydroxylation sites is 1. The van der Waals surface area contributed by atoms with Gasteiger partial charge in [-0.2, -0.15) is 0 Å². The van der Waals surface area contributed by atoms with Gasteiger partial charge in [-0.05, 0) is 117 Å². The van der Waals surface area contributed by atoms with Crippen molar-refractivity contribution >= 4 is 23.5 Å². The molecule has 1 heterocycles. The number of aryl methyl sites for hydroxylation is 1. The number of rotatable bonds is 21. The number of ether oxygens (including phenoxy) is 2. The molecular weight excluding hydrogens is 753 g/mol. The molecule has 0 bridgehead atoms. The molecular formula is C51H66N2O7. The van der Waals surface area contributed by atoms with E-state index in [0.717, 1.165) is 55.5 Å². The molecule has 2 amide bonds. The van der Waals surface area contributed by atoms with Gasteiger partial charge in [-0.1, -0.05) is 107 Å². The SMILES string of the molecule is CCC(C)C(=O)OC1CC(C)C=C2C=CC(C)C(CCC(O)CC(O)CC(=O)NCCCOc3ccc(C4C(CCCc5ccccc5)C(=O)N4c4ccccc4)cc3)C21. The zero-order valence-electron chi connectivity index (χ0n) is 36.0. The van der Waals surface area contributed by atoms with E-state index in [1.807, 2.05) is 79.4 Å². The van der Waals surface area contributed by atoms with Crippen LogP contribution >= 0.6 is 0 Å². The summed E-state index contributed by atoms with van der Waals surface area (Å²) in [6.45, 7) is 9.06. The zero-order valence-corrected chi connectivity index (χ0v) is 36.0. The number of aliphatic hydroxyl groups excluding tert-OH is 2. The molecule has 60 heavy (non-hydrogen) atoms. The molecule has 10 atom stereocenters. The van der Waals surface area contributed by atoms with Crippen LogP contribution in [-0.2, 0) is 25.5 Å². The van der Waals surface area contributed by atoms with Gasteiger partial charge in [0.1, 0.15) is 11.9 Å². The number of allylic oxidation sites excluding steroid dienone is 3. The molecule has 1 saturated heterocycles. The molecule has 3 aromatic carbocycles. The Morgan fingerprint density at radius 2 is 1.63 bits per heavy atom. The Morgan fingerprint density at radius 3 is 2.35 bits per heavy atom. The van der Waals surface area contributed by atoms with Crippen LogP contribution in [0, 0.1) is 35.5 Å². The van der Waals surface area contributed by atoms with Crippen LogP contribution in [0.5, 0.6) is 5.75 Å². The number of nitrogens with one attached hydrogen (secondary N) is 1. The highest BCUT2D eigenvalue weighted by Crippen LogP contribution is 2.47. The third-order valence-electron chi connectivity index (χ3n) is 12.9. The summed E-state index contributed by atoms with van der Waals surface area (Å²) in [4.78, 5) is 40.8. The number of carbonyl (C=O) groups is 3. The van der Waals surface area contributed by atoms with E-state index in [1.54, 1.807) is 0 Å². The summed E-state index contributed by atoms with van der Waals surface area (Å²) < 4.78 is 12.1. The summed E-state index contributed by atoms with van der Waals surface area (Å²) in [6, 6.07) is 28.2. The van der Waals surface area contributed by atoms with E-state index in [9.17, 15) is 24.6 Å². The Labute approximate surface area is 357 Å². The molecule has 322 valence electrons. The van der Waals surface area contributed by atoms with E-state index >= 15 is 0 Å². The first-order chi connectivity index (χ1) is 29.0. The molecule has 1 aliphatic heterocycles. The smallest absolute Gasteiger partial charge is 0.308 e. The first-order valence-electron chi connectivity index (χ1n) is 22.4. The van der Waals surface area contributed by atoms with E-state index in [1.165, 1.54) is 11.1 Å². The summed E-state index contributed by atoms with van der Waals surface area (Å²) in [5.74, 6) is 1.11. The number of aliphatic hydroxyl groups is 2. The van der Waals surface area contributed by atoms with E-state index < -0.39 is 12.2 Å². The highest BCUT2D eigenvalue weighted by atomic mass is 16.5. The Kier molecular flexibility index (Phi) is 16.2. The van der Waals surface area contributed by atoms with E-state index in [2.05, 4.69) is 61.7 Å². The predicted octanol–water partition coefficient (Wildman–Crippen LogP) is 8.94. The van der Waals surface area contributed by atoms with Gasteiger partial charge in [-0.3, -0.25) is 14.4 Å². The summed E-state index contributed by atoms with van der Waals surface area (Å²) in [5.41, 5.74) is 4.48. The summed E-state index contributed by atoms with van der Waals surface area (Å²) >= 11 is 0. The van der Waals surface area contributed by atoms with Gasteiger partial charge < -0.3 is 29.9 Å². The molecule has 6 rings (SSSR count). The van der Waals surface area contributed by atoms with Gasteiger partial charge in [0.15, 0.2) is 0 Å². The molecule has 3 N–H and O–H groups in total. The lowest BCUT2D eigenvalue weighted by Gasteiger charge is -2.47. The largest absolute Gasteiger partial charge is 0.494 e. The molecule has 0 radical (unpaired) electrons. The van der Waals surface area contributed by atoms with Gasteiger partial charge in [-0.25, -0.2) is 0 Å². The normalized spacial score (nSPS) is 25.0. The second kappa shape index (κ2) is 21.7. The minimum atomic E-state index is -0.958. The number of esters is 1. The maximum Gasteiger partial charge on any atom is 0.308 e. The molecule has 10 unspecified atom stereocenters. The number of carbonyl (C=O) groups excluding carboxylic acids is 3. The molecule has 2 aliphatic carbocycles. The fourth-order valence-corrected chi connectivity index (χ4v) is 9.35. The van der Waals surface area contributed by atoms with Crippen molar-refractivity contribution in [1.29, 1.82) is 0 Å². The average Bonchev–Trinajstić information content (AvgIpc) is 3.24. The van der Waals surface area contributed by atoms with Gasteiger partial charge in [0, 0.05) is 18.2 Å². The van der Waals surface area contributed by atoms with Crippen LogP contribution in [0.15, 0.2) is 109 Å². The van der Waals surface area contributed by atoms with Gasteiger partial charge in [0.2, 0.25) is 11.8 Å². The van der Waals surface area contributed by atoms with Crippen LogP contribution < -0.4 is 15.0 Å². The van der Waals surface area contributed by atoms with Crippen LogP contribution in [0.25, 0.3) is 0 Å². The lowest BCUT2D eigenvalue weighted by atomic mass is 9.65. The van der Waals surface area contributed by atoms with E-state index in [-0.39, 0.29) is 72.4 Å². The predicted molar refractivity (Wildman–Crippen MR) is 236 cm³/mol. The maximum atomic E-state index is 13.4. The van der Waals surface area contributed by atoms with Gasteiger partial charge >= 0.3 is 5.97 Å². The van der Waals surface area contributed by atoms with Crippen LogP contribution in [-0.4, -0.2) is 59.5 Å². The van der Waals surface area contributed by atoms with Gasteiger partial charge in [-0.15, -0.1) is 0 Å². The average molecular weight is 819 g/mol. The zero-order chi connectivity index (χ0) is 42.6. The number of fused-ring (bicyclic) bond motifs is 1. The third-order valence-corrected chi connectivity index (χ3v) is 12.9. The minimum Gasteiger partial charge on any atom is -0.494 e. The van der Waals surface area contributed by atoms with Crippen molar-refractivity contribution in [3.63, 3.8) is 0 Å². The van der Waals surface area contributed by atoms with Crippen molar-refractivity contribution in [2.24, 2.45) is 35.5 Å². The van der Waals surface area contributed by atoms with Crippen LogP contribution in [0.4, 0.5) is 5.69 Å². The number of hydrogen-bond donors (Lipinski definition) is 3. The van der Waals surface area contributed by atoms with Crippen molar-refractivity contribution in [3.8, 4) is 5.75 Å². The van der Waals surface area contributed by atoms with Crippen molar-refractivity contribution in [2.75, 3.05) is 18.1 Å². The second-order valence-corrected chi connectivity index (χ2v) is 17.5. The van der Waals surface area contributed by atoms with Gasteiger partial charge in [0.25, 0.3) is 0 Å². The first-order valence-corrected chi connectivity index (χ1v) is 22.4. The third kappa shape index (κ3) is 11.8. The highest BCUT2D eigenvalue weighted by molar-refractivity contribution is 6.03. The maximum absolute atomic E-state index is 13.4. The second-order valence-electron chi connectivity index (χ2n) is 17.5. The monoisotopic (exact) mass is 818 g/mol. The van der Waals surface area contributed by atoms with Crippen LogP contribution in [0.3, 0.4) is 0 Å². The van der Waals surface area contributed by atoms with E-state index in [0.29, 0.717) is 31.9 Å². The Balaban J connectivity index is 0.909. The quantitative estimate of drug-likeness (QED) is 0.0557. The van der Waals surface area contributed by atoms with Crippen LogP contribution in [0.1, 0.15) is 103 Å². The fraction of sp³-hybridized carbons (Fsp3) is 0.510. The number of hydrogen-bond acceptors (Lipinski definition) is 7. The lowest BCUT2D eigenvalue weighted by molar-refractivity contribution is -0.158. The first kappa shape index (κ1) is 44.8.